The third-order valence-corrected chi connectivity index (χ3v) is 3.45. The second kappa shape index (κ2) is 6.54. The maximum absolute atomic E-state index is 12.0. The van der Waals surface area contributed by atoms with Crippen molar-refractivity contribution in [3.8, 4) is 0 Å². The lowest BCUT2D eigenvalue weighted by atomic mass is 9.88. The summed E-state index contributed by atoms with van der Waals surface area (Å²) in [5.41, 5.74) is -6.11. The number of alkyl halides is 3. The zero-order valence-corrected chi connectivity index (χ0v) is 11.0. The van der Waals surface area contributed by atoms with E-state index in [4.69, 9.17) is 16.2 Å². The van der Waals surface area contributed by atoms with E-state index < -0.39 is 21.2 Å². The van der Waals surface area contributed by atoms with Crippen LogP contribution in [0.4, 0.5) is 13.2 Å². The molecule has 0 aromatic carbocycles. The van der Waals surface area contributed by atoms with Crippen molar-refractivity contribution in [2.45, 2.75) is 37.2 Å². The first-order chi connectivity index (χ1) is 9.01. The fraction of sp³-hybridized carbons (Fsp3) is 0.600. The third-order valence-electron chi connectivity index (χ3n) is 2.45. The van der Waals surface area contributed by atoms with Crippen molar-refractivity contribution in [1.29, 1.82) is 0 Å². The summed E-state index contributed by atoms with van der Waals surface area (Å²) < 4.78 is 61.4. The molecule has 0 fully saturated rings. The molecule has 1 rings (SSSR count). The average Bonchev–Trinajstić information content (AvgIpc) is 2.32. The van der Waals surface area contributed by atoms with Crippen LogP contribution >= 0.6 is 0 Å². The van der Waals surface area contributed by atoms with Crippen molar-refractivity contribution in [3.63, 3.8) is 0 Å². The van der Waals surface area contributed by atoms with Gasteiger partial charge in [0.25, 0.3) is 0 Å². The molecule has 0 radical (unpaired) electrons. The number of carbonyl (C=O) groups excluding carboxylic acids is 2. The van der Waals surface area contributed by atoms with Crippen molar-refractivity contribution < 1.29 is 35.4 Å². The number of hydrogen-bond donors (Lipinski definition) is 0. The van der Waals surface area contributed by atoms with Crippen LogP contribution in [-0.4, -0.2) is 25.6 Å². The largest absolute Gasteiger partial charge is 0.534 e. The lowest BCUT2D eigenvalue weighted by molar-refractivity contribution is -0.191. The van der Waals surface area contributed by atoms with Gasteiger partial charge in [-0.15, -0.1) is 0 Å². The predicted molar refractivity (Wildman–Crippen MR) is 58.0 cm³/mol. The summed E-state index contributed by atoms with van der Waals surface area (Å²) >= 11 is 0. The van der Waals surface area contributed by atoms with E-state index in [0.717, 1.165) is 0 Å². The Hall–Kier alpha value is -1.85. The molecule has 0 aromatic rings. The summed E-state index contributed by atoms with van der Waals surface area (Å²) in [7, 11) is -5.59. The molecule has 6 nitrogen and oxygen atoms in total. The van der Waals surface area contributed by atoms with Crippen LogP contribution in [0.3, 0.4) is 0 Å². The van der Waals surface area contributed by atoms with Crippen molar-refractivity contribution in [2.75, 3.05) is 0 Å². The van der Waals surface area contributed by atoms with Gasteiger partial charge >= 0.3 is 21.8 Å². The molecule has 0 aromatic heterocycles. The van der Waals surface area contributed by atoms with E-state index in [1.54, 1.807) is 6.92 Å². The Bertz CT molecular complexity index is 554. The number of hydrogen-bond acceptors (Lipinski definition) is 5. The third kappa shape index (κ3) is 5.03. The van der Waals surface area contributed by atoms with Crippen LogP contribution in [0.25, 0.3) is 4.85 Å². The van der Waals surface area contributed by atoms with E-state index in [1.165, 1.54) is 6.08 Å². The van der Waals surface area contributed by atoms with Crippen LogP contribution in [-0.2, 0) is 23.9 Å². The molecule has 1 unspecified atom stereocenters. The molecule has 0 amide bonds. The van der Waals surface area contributed by atoms with E-state index >= 15 is 0 Å². The Morgan fingerprint density at radius 2 is 1.95 bits per heavy atom. The van der Waals surface area contributed by atoms with Crippen LogP contribution in [0.15, 0.2) is 11.8 Å². The molecule has 0 spiro atoms. The molecule has 0 saturated heterocycles. The van der Waals surface area contributed by atoms with Gasteiger partial charge in [0.05, 0.1) is 0 Å². The van der Waals surface area contributed by atoms with Crippen LogP contribution in [0, 0.1) is 6.57 Å². The molecule has 0 heterocycles. The van der Waals surface area contributed by atoms with Gasteiger partial charge < -0.3 is 9.03 Å². The number of rotatable bonds is 2. The smallest absolute Gasteiger partial charge is 0.381 e. The van der Waals surface area contributed by atoms with Crippen molar-refractivity contribution in [2.24, 2.45) is 0 Å². The van der Waals surface area contributed by atoms with Gasteiger partial charge in [0.15, 0.2) is 0 Å². The van der Waals surface area contributed by atoms with Gasteiger partial charge in [0.2, 0.25) is 5.54 Å². The molecule has 10 heteroatoms. The predicted octanol–water partition coefficient (Wildman–Crippen LogP) is 2.01. The topological polar surface area (TPSA) is 81.9 Å². The first kappa shape index (κ1) is 18.1. The van der Waals surface area contributed by atoms with Gasteiger partial charge in [-0.1, -0.05) is 0 Å². The minimum Gasteiger partial charge on any atom is -0.381 e. The molecule has 0 N–H and O–H groups in total. The zero-order valence-electron chi connectivity index (χ0n) is 10.2. The van der Waals surface area contributed by atoms with Crippen LogP contribution in [0.1, 0.15) is 26.2 Å². The first-order valence-corrected chi connectivity index (χ1v) is 6.50. The molecule has 0 aliphatic heterocycles. The normalized spacial score (nSPS) is 22.4. The standard InChI is InChI=1S/C9H10F3NO3S.CO2/c1-8(13-2)5-3-7(4-6-8)16-17(14,15)9(10,11)12;2-1-3/h3H,4-6H2,1H3;. The average molecular weight is 313 g/mol. The maximum Gasteiger partial charge on any atom is 0.534 e. The molecule has 112 valence electrons. The monoisotopic (exact) mass is 313 g/mol. The minimum absolute atomic E-state index is 0.00813. The summed E-state index contributed by atoms with van der Waals surface area (Å²) in [5.74, 6) is -0.247. The minimum atomic E-state index is -5.59. The summed E-state index contributed by atoms with van der Waals surface area (Å²) in [6.45, 7) is 8.55. The molecule has 1 aliphatic carbocycles. The fourth-order valence-electron chi connectivity index (χ4n) is 1.30. The first-order valence-electron chi connectivity index (χ1n) is 5.09. The maximum atomic E-state index is 12.0. The molecule has 0 bridgehead atoms. The second-order valence-corrected chi connectivity index (χ2v) is 5.59. The van der Waals surface area contributed by atoms with Gasteiger partial charge in [-0.3, -0.25) is 0 Å². The molecule has 1 aliphatic rings. The lowest BCUT2D eigenvalue weighted by Gasteiger charge is -2.22. The Morgan fingerprint density at radius 3 is 2.25 bits per heavy atom. The van der Waals surface area contributed by atoms with Crippen LogP contribution in [0.5, 0.6) is 0 Å². The highest BCUT2D eigenvalue weighted by atomic mass is 32.2. The Morgan fingerprint density at radius 1 is 1.45 bits per heavy atom. The number of nitrogens with zero attached hydrogens (tertiary/aromatic N) is 1. The SMILES string of the molecule is O=C=O.[C-]#[N+]C1(C)CC=C(OS(=O)(=O)C(F)(F)F)CC1. The lowest BCUT2D eigenvalue weighted by Crippen LogP contribution is -2.28. The van der Waals surface area contributed by atoms with Gasteiger partial charge in [0.1, 0.15) is 5.76 Å². The van der Waals surface area contributed by atoms with Crippen molar-refractivity contribution in [1.82, 2.24) is 0 Å². The molecule has 1 atom stereocenters. The second-order valence-electron chi connectivity index (χ2n) is 4.05. The van der Waals surface area contributed by atoms with Gasteiger partial charge in [-0.25, -0.2) is 6.57 Å². The summed E-state index contributed by atoms with van der Waals surface area (Å²) in [5, 5.41) is 0. The van der Waals surface area contributed by atoms with Gasteiger partial charge in [0, 0.05) is 26.2 Å². The molecule has 20 heavy (non-hydrogen) atoms. The van der Waals surface area contributed by atoms with E-state index in [-0.39, 0.29) is 31.2 Å². The zero-order chi connectivity index (χ0) is 16.0. The van der Waals surface area contributed by atoms with Crippen molar-refractivity contribution >= 4 is 16.3 Å². The summed E-state index contributed by atoms with van der Waals surface area (Å²) in [6.07, 6.45) is 1.94. The van der Waals surface area contributed by atoms with E-state index in [0.29, 0.717) is 0 Å². The summed E-state index contributed by atoms with van der Waals surface area (Å²) in [6, 6.07) is 0. The van der Waals surface area contributed by atoms with Gasteiger partial charge in [-0.05, 0) is 6.08 Å². The van der Waals surface area contributed by atoms with E-state index in [1.807, 2.05) is 0 Å². The van der Waals surface area contributed by atoms with Crippen molar-refractivity contribution in [3.05, 3.63) is 23.3 Å². The number of halogens is 3. The summed E-state index contributed by atoms with van der Waals surface area (Å²) in [4.78, 5) is 19.6. The van der Waals surface area contributed by atoms with Crippen LogP contribution in [0.2, 0.25) is 0 Å². The highest BCUT2D eigenvalue weighted by molar-refractivity contribution is 7.87. The molecular formula is C10H10F3NO5S. The van der Waals surface area contributed by atoms with Gasteiger partial charge in [-0.2, -0.15) is 31.2 Å². The molecular weight excluding hydrogens is 303 g/mol. The Labute approximate surface area is 113 Å². The fourth-order valence-corrected chi connectivity index (χ4v) is 1.82. The highest BCUT2D eigenvalue weighted by Gasteiger charge is 2.49. The Kier molecular flexibility index (Phi) is 5.94. The quantitative estimate of drug-likeness (QED) is 0.442. The highest BCUT2D eigenvalue weighted by Crippen LogP contribution is 2.34. The van der Waals surface area contributed by atoms with E-state index in [9.17, 15) is 21.6 Å². The van der Waals surface area contributed by atoms with E-state index in [2.05, 4.69) is 9.03 Å². The number of allylic oxidation sites excluding steroid dienone is 1. The Balaban J connectivity index is 0.00000110. The molecule has 0 saturated carbocycles. The van der Waals surface area contributed by atoms with Crippen LogP contribution < -0.4 is 0 Å².